The smallest absolute Gasteiger partial charge is 0.241 e. The zero-order valence-corrected chi connectivity index (χ0v) is 12.0. The molecule has 1 heterocycles. The Bertz CT molecular complexity index is 423. The highest BCUT2D eigenvalue weighted by Crippen LogP contribution is 2.22. The van der Waals surface area contributed by atoms with Crippen LogP contribution < -0.4 is 4.90 Å². The standard InChI is InChI=1S/C12H19ClN4O/c1-5-6-17(7-10(18)16(3)4)12-9(2)11(13)14-8-15-12/h8H,5-7H2,1-4H3. The fraction of sp³-hybridized carbons (Fsp3) is 0.583. The van der Waals surface area contributed by atoms with Crippen molar-refractivity contribution in [3.63, 3.8) is 0 Å². The maximum Gasteiger partial charge on any atom is 0.241 e. The second kappa shape index (κ2) is 6.54. The largest absolute Gasteiger partial charge is 0.347 e. The molecule has 0 aliphatic rings. The molecule has 0 spiro atoms. The molecule has 1 rings (SSSR count). The van der Waals surface area contributed by atoms with Crippen LogP contribution in [0.1, 0.15) is 18.9 Å². The zero-order valence-electron chi connectivity index (χ0n) is 11.3. The minimum absolute atomic E-state index is 0.0394. The maximum absolute atomic E-state index is 11.8. The molecule has 0 bridgehead atoms. The number of carbonyl (C=O) groups is 1. The molecule has 0 saturated carbocycles. The van der Waals surface area contributed by atoms with Gasteiger partial charge < -0.3 is 9.80 Å². The van der Waals surface area contributed by atoms with Gasteiger partial charge in [-0.25, -0.2) is 9.97 Å². The summed E-state index contributed by atoms with van der Waals surface area (Å²) >= 11 is 5.98. The molecule has 0 aliphatic carbocycles. The highest BCUT2D eigenvalue weighted by atomic mass is 35.5. The van der Waals surface area contributed by atoms with Gasteiger partial charge in [0.15, 0.2) is 0 Å². The van der Waals surface area contributed by atoms with Crippen molar-refractivity contribution < 1.29 is 4.79 Å². The average molecular weight is 271 g/mol. The topological polar surface area (TPSA) is 49.3 Å². The first-order valence-electron chi connectivity index (χ1n) is 5.89. The normalized spacial score (nSPS) is 10.3. The Labute approximate surface area is 113 Å². The number of hydrogen-bond acceptors (Lipinski definition) is 4. The highest BCUT2D eigenvalue weighted by Gasteiger charge is 2.16. The van der Waals surface area contributed by atoms with Crippen molar-refractivity contribution in [2.45, 2.75) is 20.3 Å². The number of rotatable bonds is 5. The van der Waals surface area contributed by atoms with Crippen molar-refractivity contribution in [3.8, 4) is 0 Å². The lowest BCUT2D eigenvalue weighted by Crippen LogP contribution is -2.38. The lowest BCUT2D eigenvalue weighted by atomic mass is 10.3. The van der Waals surface area contributed by atoms with Crippen LogP contribution in [0.2, 0.25) is 5.15 Å². The van der Waals surface area contributed by atoms with Crippen LogP contribution in [0.3, 0.4) is 0 Å². The molecule has 0 N–H and O–H groups in total. The molecule has 0 aliphatic heterocycles. The molecule has 100 valence electrons. The summed E-state index contributed by atoms with van der Waals surface area (Å²) in [4.78, 5) is 23.5. The molecule has 6 heteroatoms. The quantitative estimate of drug-likeness (QED) is 0.765. The summed E-state index contributed by atoms with van der Waals surface area (Å²) in [6, 6.07) is 0. The summed E-state index contributed by atoms with van der Waals surface area (Å²) < 4.78 is 0. The molecule has 0 aromatic carbocycles. The minimum Gasteiger partial charge on any atom is -0.347 e. The monoisotopic (exact) mass is 270 g/mol. The van der Waals surface area contributed by atoms with E-state index in [0.29, 0.717) is 11.7 Å². The number of amides is 1. The SMILES string of the molecule is CCCN(CC(=O)N(C)C)c1ncnc(Cl)c1C. The van der Waals surface area contributed by atoms with Gasteiger partial charge >= 0.3 is 0 Å². The number of nitrogens with zero attached hydrogens (tertiary/aromatic N) is 4. The van der Waals surface area contributed by atoms with Crippen molar-refractivity contribution in [1.29, 1.82) is 0 Å². The van der Waals surface area contributed by atoms with Crippen LogP contribution in [0.25, 0.3) is 0 Å². The number of hydrogen-bond donors (Lipinski definition) is 0. The summed E-state index contributed by atoms with van der Waals surface area (Å²) in [5, 5.41) is 0.429. The Morgan fingerprint density at radius 2 is 2.06 bits per heavy atom. The molecular weight excluding hydrogens is 252 g/mol. The molecule has 5 nitrogen and oxygen atoms in total. The van der Waals surface area contributed by atoms with Crippen molar-refractivity contribution in [2.75, 3.05) is 32.1 Å². The molecule has 0 radical (unpaired) electrons. The molecular formula is C12H19ClN4O. The van der Waals surface area contributed by atoms with Gasteiger partial charge in [-0.15, -0.1) is 0 Å². The molecule has 18 heavy (non-hydrogen) atoms. The Hall–Kier alpha value is -1.36. The Morgan fingerprint density at radius 1 is 1.39 bits per heavy atom. The van der Waals surface area contributed by atoms with Gasteiger partial charge in [-0.2, -0.15) is 0 Å². The fourth-order valence-corrected chi connectivity index (χ4v) is 1.70. The average Bonchev–Trinajstić information content (AvgIpc) is 2.32. The lowest BCUT2D eigenvalue weighted by Gasteiger charge is -2.25. The van der Waals surface area contributed by atoms with Gasteiger partial charge in [0.2, 0.25) is 5.91 Å². The molecule has 1 aromatic rings. The first-order valence-corrected chi connectivity index (χ1v) is 6.27. The van der Waals surface area contributed by atoms with E-state index in [0.717, 1.165) is 24.3 Å². The zero-order chi connectivity index (χ0) is 13.7. The predicted octanol–water partition coefficient (Wildman–Crippen LogP) is 1.74. The van der Waals surface area contributed by atoms with E-state index in [1.807, 2.05) is 11.8 Å². The fourth-order valence-electron chi connectivity index (χ4n) is 1.57. The third kappa shape index (κ3) is 3.57. The summed E-state index contributed by atoms with van der Waals surface area (Å²) in [6.45, 7) is 4.98. The van der Waals surface area contributed by atoms with Crippen LogP contribution in [-0.2, 0) is 4.79 Å². The number of carbonyl (C=O) groups excluding carboxylic acids is 1. The van der Waals surface area contributed by atoms with Crippen LogP contribution in [0.5, 0.6) is 0 Å². The maximum atomic E-state index is 11.8. The Kier molecular flexibility index (Phi) is 5.34. The van der Waals surface area contributed by atoms with E-state index in [1.54, 1.807) is 19.0 Å². The highest BCUT2D eigenvalue weighted by molar-refractivity contribution is 6.30. The van der Waals surface area contributed by atoms with Crippen LogP contribution >= 0.6 is 11.6 Å². The second-order valence-corrected chi connectivity index (χ2v) is 4.68. The Morgan fingerprint density at radius 3 is 2.61 bits per heavy atom. The molecule has 0 atom stereocenters. The first kappa shape index (κ1) is 14.7. The van der Waals surface area contributed by atoms with E-state index in [4.69, 9.17) is 11.6 Å². The summed E-state index contributed by atoms with van der Waals surface area (Å²) in [5.74, 6) is 0.768. The van der Waals surface area contributed by atoms with Crippen molar-refractivity contribution >= 4 is 23.3 Å². The number of anilines is 1. The number of likely N-dealkylation sites (N-methyl/N-ethyl adjacent to an activating group) is 1. The third-order valence-electron chi connectivity index (χ3n) is 2.61. The van der Waals surface area contributed by atoms with Gasteiger partial charge in [0.05, 0.1) is 6.54 Å². The van der Waals surface area contributed by atoms with Gasteiger partial charge in [0, 0.05) is 26.2 Å². The number of aromatic nitrogens is 2. The summed E-state index contributed by atoms with van der Waals surface area (Å²) in [5.41, 5.74) is 0.805. The van der Waals surface area contributed by atoms with E-state index in [-0.39, 0.29) is 5.91 Å². The summed E-state index contributed by atoms with van der Waals surface area (Å²) in [7, 11) is 3.48. The van der Waals surface area contributed by atoms with E-state index >= 15 is 0 Å². The molecule has 0 unspecified atom stereocenters. The van der Waals surface area contributed by atoms with E-state index in [2.05, 4.69) is 16.9 Å². The van der Waals surface area contributed by atoms with Crippen molar-refractivity contribution in [1.82, 2.24) is 14.9 Å². The number of halogens is 1. The van der Waals surface area contributed by atoms with E-state index in [1.165, 1.54) is 6.33 Å². The van der Waals surface area contributed by atoms with E-state index < -0.39 is 0 Å². The predicted molar refractivity (Wildman–Crippen MR) is 73.0 cm³/mol. The van der Waals surface area contributed by atoms with Gasteiger partial charge in [-0.05, 0) is 13.3 Å². The summed E-state index contributed by atoms with van der Waals surface area (Å²) in [6.07, 6.45) is 2.36. The van der Waals surface area contributed by atoms with Crippen molar-refractivity contribution in [2.24, 2.45) is 0 Å². The second-order valence-electron chi connectivity index (χ2n) is 4.32. The van der Waals surface area contributed by atoms with Gasteiger partial charge in [-0.3, -0.25) is 4.79 Å². The molecule has 1 amide bonds. The van der Waals surface area contributed by atoms with Gasteiger partial charge in [0.1, 0.15) is 17.3 Å². The first-order chi connectivity index (χ1) is 8.47. The molecule has 0 saturated heterocycles. The van der Waals surface area contributed by atoms with Crippen LogP contribution in [0.15, 0.2) is 6.33 Å². The Balaban J connectivity index is 2.97. The molecule has 1 aromatic heterocycles. The van der Waals surface area contributed by atoms with Crippen molar-refractivity contribution in [3.05, 3.63) is 17.0 Å². The van der Waals surface area contributed by atoms with Crippen LogP contribution in [0.4, 0.5) is 5.82 Å². The van der Waals surface area contributed by atoms with Gasteiger partial charge in [0.25, 0.3) is 0 Å². The van der Waals surface area contributed by atoms with Gasteiger partial charge in [-0.1, -0.05) is 18.5 Å². The lowest BCUT2D eigenvalue weighted by molar-refractivity contribution is -0.127. The van der Waals surface area contributed by atoms with Crippen LogP contribution in [-0.4, -0.2) is 48.0 Å². The van der Waals surface area contributed by atoms with E-state index in [9.17, 15) is 4.79 Å². The van der Waals surface area contributed by atoms with Crippen LogP contribution in [0, 0.1) is 6.92 Å². The molecule has 0 fully saturated rings. The third-order valence-corrected chi connectivity index (χ3v) is 2.99. The minimum atomic E-state index is 0.0394.